The molecule has 1 atom stereocenters. The van der Waals surface area contributed by atoms with E-state index >= 15 is 0 Å². The Morgan fingerprint density at radius 2 is 2.15 bits per heavy atom. The van der Waals surface area contributed by atoms with E-state index in [-0.39, 0.29) is 11.9 Å². The van der Waals surface area contributed by atoms with Gasteiger partial charge in [-0.25, -0.2) is 0 Å². The molecule has 0 fully saturated rings. The van der Waals surface area contributed by atoms with Crippen LogP contribution in [0.5, 0.6) is 5.75 Å². The molecular formula is C16H26N2O2. The van der Waals surface area contributed by atoms with Gasteiger partial charge < -0.3 is 15.0 Å². The summed E-state index contributed by atoms with van der Waals surface area (Å²) in [5.41, 5.74) is 1.12. The van der Waals surface area contributed by atoms with Crippen molar-refractivity contribution in [2.75, 3.05) is 20.2 Å². The second-order valence-corrected chi connectivity index (χ2v) is 4.95. The molecule has 4 nitrogen and oxygen atoms in total. The summed E-state index contributed by atoms with van der Waals surface area (Å²) >= 11 is 0. The van der Waals surface area contributed by atoms with Gasteiger partial charge in [0.25, 0.3) is 0 Å². The summed E-state index contributed by atoms with van der Waals surface area (Å²) in [4.78, 5) is 13.7. The molecule has 1 aromatic carbocycles. The molecule has 1 rings (SSSR count). The number of carbonyl (C=O) groups excluding carboxylic acids is 1. The number of ether oxygens (including phenoxy) is 1. The van der Waals surface area contributed by atoms with Crippen molar-refractivity contribution in [3.8, 4) is 5.75 Å². The van der Waals surface area contributed by atoms with E-state index in [1.165, 1.54) is 0 Å². The smallest absolute Gasteiger partial charge is 0.239 e. The van der Waals surface area contributed by atoms with Gasteiger partial charge in [-0.1, -0.05) is 19.1 Å². The number of likely N-dealkylation sites (N-methyl/N-ethyl adjacent to an activating group) is 1. The van der Waals surface area contributed by atoms with Gasteiger partial charge in [0, 0.05) is 20.1 Å². The first-order valence-corrected chi connectivity index (χ1v) is 7.28. The lowest BCUT2D eigenvalue weighted by atomic mass is 10.2. The number of carbonyl (C=O) groups is 1. The van der Waals surface area contributed by atoms with Gasteiger partial charge in [0.05, 0.1) is 12.6 Å². The van der Waals surface area contributed by atoms with Gasteiger partial charge >= 0.3 is 0 Å². The Labute approximate surface area is 122 Å². The second-order valence-electron chi connectivity index (χ2n) is 4.95. The molecule has 1 N–H and O–H groups in total. The molecule has 1 unspecified atom stereocenters. The number of nitrogens with zero attached hydrogens (tertiary/aromatic N) is 1. The maximum absolute atomic E-state index is 11.9. The summed E-state index contributed by atoms with van der Waals surface area (Å²) in [6, 6.07) is 7.81. The molecule has 0 saturated carbocycles. The van der Waals surface area contributed by atoms with Crippen molar-refractivity contribution in [1.29, 1.82) is 0 Å². The van der Waals surface area contributed by atoms with Gasteiger partial charge in [-0.2, -0.15) is 0 Å². The second kappa shape index (κ2) is 8.59. The summed E-state index contributed by atoms with van der Waals surface area (Å²) in [6.07, 6.45) is 0.997. The van der Waals surface area contributed by atoms with E-state index in [4.69, 9.17) is 4.74 Å². The van der Waals surface area contributed by atoms with Gasteiger partial charge in [0.15, 0.2) is 0 Å². The monoisotopic (exact) mass is 278 g/mol. The average Bonchev–Trinajstić information content (AvgIpc) is 2.49. The summed E-state index contributed by atoms with van der Waals surface area (Å²) in [7, 11) is 1.82. The Hall–Kier alpha value is -1.55. The first kappa shape index (κ1) is 16.5. The lowest BCUT2D eigenvalue weighted by Gasteiger charge is -2.20. The van der Waals surface area contributed by atoms with Crippen LogP contribution in [0.25, 0.3) is 0 Å². The van der Waals surface area contributed by atoms with E-state index in [2.05, 4.69) is 12.2 Å². The number of amides is 1. The molecule has 1 amide bonds. The van der Waals surface area contributed by atoms with Crippen molar-refractivity contribution in [2.24, 2.45) is 0 Å². The fraction of sp³-hybridized carbons (Fsp3) is 0.562. The molecule has 0 heterocycles. The quantitative estimate of drug-likeness (QED) is 0.794. The molecule has 0 spiro atoms. The summed E-state index contributed by atoms with van der Waals surface area (Å²) in [5.74, 6) is 1.00. The minimum atomic E-state index is -0.180. The predicted octanol–water partition coefficient (Wildman–Crippen LogP) is 2.43. The summed E-state index contributed by atoms with van der Waals surface area (Å²) in [5, 5.41) is 3.25. The Balaban J connectivity index is 2.50. The molecule has 0 aliphatic rings. The zero-order valence-electron chi connectivity index (χ0n) is 13.0. The van der Waals surface area contributed by atoms with Gasteiger partial charge in [-0.15, -0.1) is 0 Å². The van der Waals surface area contributed by atoms with Crippen LogP contribution in [0.1, 0.15) is 32.8 Å². The first-order valence-electron chi connectivity index (χ1n) is 7.28. The predicted molar refractivity (Wildman–Crippen MR) is 81.8 cm³/mol. The Bertz CT molecular complexity index is 421. The van der Waals surface area contributed by atoms with Crippen LogP contribution in [0.4, 0.5) is 0 Å². The lowest BCUT2D eigenvalue weighted by Crippen LogP contribution is -2.42. The number of hydrogen-bond donors (Lipinski definition) is 1. The standard InChI is InChI=1S/C16H26N2O2/c1-5-10-20-15-9-7-8-14(11-15)12-17-13(3)16(19)18(4)6-2/h7-9,11,13,17H,5-6,10,12H2,1-4H3. The summed E-state index contributed by atoms with van der Waals surface area (Å²) < 4.78 is 5.60. The normalized spacial score (nSPS) is 12.0. The van der Waals surface area contributed by atoms with Crippen LogP contribution in [0, 0.1) is 0 Å². The van der Waals surface area contributed by atoms with Crippen LogP contribution >= 0.6 is 0 Å². The van der Waals surface area contributed by atoms with Crippen LogP contribution in [0.15, 0.2) is 24.3 Å². The van der Waals surface area contributed by atoms with Crippen LogP contribution in [0.3, 0.4) is 0 Å². The van der Waals surface area contributed by atoms with Crippen molar-refractivity contribution in [2.45, 2.75) is 39.8 Å². The lowest BCUT2D eigenvalue weighted by molar-refractivity contribution is -0.131. The molecule has 20 heavy (non-hydrogen) atoms. The van der Waals surface area contributed by atoms with E-state index in [9.17, 15) is 4.79 Å². The van der Waals surface area contributed by atoms with Crippen molar-refractivity contribution >= 4 is 5.91 Å². The van der Waals surface area contributed by atoms with E-state index < -0.39 is 0 Å². The van der Waals surface area contributed by atoms with Crippen molar-refractivity contribution in [3.63, 3.8) is 0 Å². The highest BCUT2D eigenvalue weighted by molar-refractivity contribution is 5.81. The highest BCUT2D eigenvalue weighted by Crippen LogP contribution is 2.13. The minimum absolute atomic E-state index is 0.117. The highest BCUT2D eigenvalue weighted by Gasteiger charge is 2.15. The average molecular weight is 278 g/mol. The van der Waals surface area contributed by atoms with Gasteiger partial charge in [-0.05, 0) is 38.0 Å². The highest BCUT2D eigenvalue weighted by atomic mass is 16.5. The fourth-order valence-corrected chi connectivity index (χ4v) is 1.81. The SMILES string of the molecule is CCCOc1cccc(CNC(C)C(=O)N(C)CC)c1. The molecule has 0 radical (unpaired) electrons. The third-order valence-corrected chi connectivity index (χ3v) is 3.20. The maximum Gasteiger partial charge on any atom is 0.239 e. The Morgan fingerprint density at radius 3 is 2.80 bits per heavy atom. The fourth-order valence-electron chi connectivity index (χ4n) is 1.81. The largest absolute Gasteiger partial charge is 0.494 e. The first-order chi connectivity index (χ1) is 9.58. The maximum atomic E-state index is 11.9. The van der Waals surface area contributed by atoms with Crippen LogP contribution in [-0.2, 0) is 11.3 Å². The zero-order chi connectivity index (χ0) is 15.0. The van der Waals surface area contributed by atoms with E-state index in [1.807, 2.05) is 45.2 Å². The van der Waals surface area contributed by atoms with E-state index in [1.54, 1.807) is 4.90 Å². The van der Waals surface area contributed by atoms with Crippen LogP contribution in [0.2, 0.25) is 0 Å². The summed E-state index contributed by atoms with van der Waals surface area (Å²) in [6.45, 7) is 8.07. The molecule has 4 heteroatoms. The molecule has 0 bridgehead atoms. The van der Waals surface area contributed by atoms with Gasteiger partial charge in [-0.3, -0.25) is 4.79 Å². The van der Waals surface area contributed by atoms with Crippen molar-refractivity contribution in [1.82, 2.24) is 10.2 Å². The zero-order valence-corrected chi connectivity index (χ0v) is 13.0. The molecule has 0 saturated heterocycles. The molecule has 112 valence electrons. The van der Waals surface area contributed by atoms with Crippen LogP contribution < -0.4 is 10.1 Å². The molecule has 1 aromatic rings. The Morgan fingerprint density at radius 1 is 1.40 bits per heavy atom. The van der Waals surface area contributed by atoms with Crippen LogP contribution in [-0.4, -0.2) is 37.0 Å². The van der Waals surface area contributed by atoms with E-state index in [0.29, 0.717) is 6.54 Å². The topological polar surface area (TPSA) is 41.6 Å². The van der Waals surface area contributed by atoms with Gasteiger partial charge in [0.1, 0.15) is 5.75 Å². The van der Waals surface area contributed by atoms with Gasteiger partial charge in [0.2, 0.25) is 5.91 Å². The molecule has 0 aliphatic carbocycles. The molecule has 0 aromatic heterocycles. The third-order valence-electron chi connectivity index (χ3n) is 3.20. The van der Waals surface area contributed by atoms with Crippen molar-refractivity contribution < 1.29 is 9.53 Å². The van der Waals surface area contributed by atoms with Crippen molar-refractivity contribution in [3.05, 3.63) is 29.8 Å². The number of hydrogen-bond acceptors (Lipinski definition) is 3. The Kier molecular flexibility index (Phi) is 7.09. The minimum Gasteiger partial charge on any atom is -0.494 e. The van der Waals surface area contributed by atoms with E-state index in [0.717, 1.165) is 30.9 Å². The third kappa shape index (κ3) is 5.21. The number of benzene rings is 1. The number of nitrogens with one attached hydrogen (secondary N) is 1. The molecular weight excluding hydrogens is 252 g/mol. The number of rotatable bonds is 8. The molecule has 0 aliphatic heterocycles.